The van der Waals surface area contributed by atoms with Crippen LogP contribution in [0.1, 0.15) is 10.4 Å². The van der Waals surface area contributed by atoms with Crippen molar-refractivity contribution in [2.75, 3.05) is 5.32 Å². The van der Waals surface area contributed by atoms with Crippen LogP contribution in [-0.4, -0.2) is 44.7 Å². The van der Waals surface area contributed by atoms with E-state index in [1.807, 2.05) is 0 Å². The van der Waals surface area contributed by atoms with E-state index < -0.39 is 0 Å². The van der Waals surface area contributed by atoms with E-state index in [9.17, 15) is 9.59 Å². The van der Waals surface area contributed by atoms with Crippen LogP contribution in [0.5, 0.6) is 0 Å². The van der Waals surface area contributed by atoms with E-state index in [-0.39, 0.29) is 9.37 Å². The van der Waals surface area contributed by atoms with E-state index >= 15 is 0 Å². The van der Waals surface area contributed by atoms with Crippen LogP contribution in [0, 0.1) is 0 Å². The molecule has 0 saturated heterocycles. The van der Waals surface area contributed by atoms with Crippen molar-refractivity contribution in [3.63, 3.8) is 0 Å². The van der Waals surface area contributed by atoms with Crippen molar-refractivity contribution >= 4 is 52.4 Å². The molecule has 0 unspecified atom stereocenters. The first-order chi connectivity index (χ1) is 8.58. The van der Waals surface area contributed by atoms with Crippen molar-refractivity contribution in [3.05, 3.63) is 47.5 Å². The van der Waals surface area contributed by atoms with E-state index in [1.165, 1.54) is 23.3 Å². The Morgan fingerprint density at radius 1 is 1.39 bits per heavy atom. The normalized spacial score (nSPS) is 10.1. The molecule has 1 aromatic heterocycles. The third kappa shape index (κ3) is 2.96. The fourth-order valence-corrected chi connectivity index (χ4v) is 2.35. The summed E-state index contributed by atoms with van der Waals surface area (Å²) >= 11 is 6.19. The van der Waals surface area contributed by atoms with Gasteiger partial charge in [-0.05, 0) is 0 Å². The number of benzene rings is 1. The molecule has 2 aromatic rings. The third-order valence-corrected chi connectivity index (χ3v) is 3.49. The summed E-state index contributed by atoms with van der Waals surface area (Å²) in [5.74, 6) is 0. The molecule has 0 bridgehead atoms. The van der Waals surface area contributed by atoms with E-state index in [1.54, 1.807) is 18.2 Å². The Morgan fingerprint density at radius 2 is 2.17 bits per heavy atom. The van der Waals surface area contributed by atoms with Crippen LogP contribution in [0.3, 0.4) is 0 Å². The molecule has 0 atom stereocenters. The van der Waals surface area contributed by atoms with Gasteiger partial charge in [0, 0.05) is 0 Å². The van der Waals surface area contributed by atoms with Gasteiger partial charge in [0.05, 0.1) is 0 Å². The second-order valence-corrected chi connectivity index (χ2v) is 5.62. The molecule has 5 nitrogen and oxygen atoms in total. The first kappa shape index (κ1) is 13.2. The van der Waals surface area contributed by atoms with E-state index in [4.69, 9.17) is 11.6 Å². The summed E-state index contributed by atoms with van der Waals surface area (Å²) in [6.45, 7) is 0. The zero-order valence-electron chi connectivity index (χ0n) is 9.05. The Balaban J connectivity index is 2.29. The summed E-state index contributed by atoms with van der Waals surface area (Å²) in [6.07, 6.45) is 4.40. The number of hydrogen-bond acceptors (Lipinski definition) is 3. The zero-order chi connectivity index (χ0) is 13.1. The number of nitrogens with zero attached hydrogens (tertiary/aromatic N) is 2. The molecule has 0 spiro atoms. The number of hydrogen-bond donors (Lipinski definition) is 1. The maximum atomic E-state index is 11.8. The molecule has 0 aliphatic rings. The molecule has 1 aromatic carbocycles. The Bertz CT molecular complexity index is 598. The number of aromatic nitrogens is 2. The van der Waals surface area contributed by atoms with E-state index in [0.29, 0.717) is 42.0 Å². The molecule has 7 heteroatoms. The molecule has 2 rings (SSSR count). The van der Waals surface area contributed by atoms with Crippen LogP contribution in [-0.2, 0) is 0 Å². The molecule has 1 N–H and O–H groups in total. The summed E-state index contributed by atoms with van der Waals surface area (Å²) in [7, 11) is 0. The predicted octanol–water partition coefficient (Wildman–Crippen LogP) is 1.93. The number of imidazole rings is 1. The topological polar surface area (TPSA) is 64.0 Å². The molecular formula is C11H7ClN3O2Pb. The Kier molecular flexibility index (Phi) is 4.12. The van der Waals surface area contributed by atoms with Crippen molar-refractivity contribution in [3.8, 4) is 0 Å². The molecule has 18 heavy (non-hydrogen) atoms. The van der Waals surface area contributed by atoms with Gasteiger partial charge < -0.3 is 0 Å². The number of amides is 1. The van der Waals surface area contributed by atoms with Crippen LogP contribution >= 0.6 is 11.6 Å². The zero-order valence-corrected chi connectivity index (χ0v) is 13.7. The number of nitrogens with one attached hydrogen (secondary N) is 1. The van der Waals surface area contributed by atoms with Crippen LogP contribution in [0.2, 0.25) is 5.02 Å². The van der Waals surface area contributed by atoms with E-state index in [2.05, 4.69) is 10.3 Å². The van der Waals surface area contributed by atoms with Crippen molar-refractivity contribution in [1.82, 2.24) is 9.55 Å². The molecule has 1 heterocycles. The average molecular weight is 456 g/mol. The van der Waals surface area contributed by atoms with Gasteiger partial charge >= 0.3 is 124 Å². The Labute approximate surface area is 124 Å². The Morgan fingerprint density at radius 3 is 2.78 bits per heavy atom. The van der Waals surface area contributed by atoms with Crippen molar-refractivity contribution in [2.24, 2.45) is 0 Å². The predicted molar refractivity (Wildman–Crippen MR) is 68.2 cm³/mol. The molecule has 0 saturated carbocycles. The number of anilines is 1. The molecule has 0 fully saturated rings. The van der Waals surface area contributed by atoms with E-state index in [0.717, 1.165) is 0 Å². The van der Waals surface area contributed by atoms with Crippen LogP contribution in [0.15, 0.2) is 36.9 Å². The Hall–Kier alpha value is -1.22. The summed E-state index contributed by atoms with van der Waals surface area (Å²) in [5, 5.41) is 3.12. The van der Waals surface area contributed by atoms with Gasteiger partial charge in [-0.2, -0.15) is 0 Å². The molecule has 89 valence electrons. The van der Waals surface area contributed by atoms with Gasteiger partial charge in [-0.25, -0.2) is 0 Å². The fraction of sp³-hybridized carbons (Fsp3) is 0. The second kappa shape index (κ2) is 5.62. The standard InChI is InChI=1S/C11H7ClN3O2.Pb/c12-9-1-2-10(8(5-9)6-16)14-11(17)15-4-3-13-7-15;/h1-5,7H,(H,14,17);. The molecule has 0 aliphatic carbocycles. The van der Waals surface area contributed by atoms with Crippen LogP contribution < -0.4 is 5.32 Å². The summed E-state index contributed by atoms with van der Waals surface area (Å²) in [6, 6.07) is 4.42. The average Bonchev–Trinajstić information content (AvgIpc) is 2.84. The van der Waals surface area contributed by atoms with Gasteiger partial charge in [-0.3, -0.25) is 0 Å². The molecular weight excluding hydrogens is 449 g/mol. The SMILES string of the molecule is O=[C]([Pb])c1cc(Cl)ccc1NC(=O)n1ccnc1. The van der Waals surface area contributed by atoms with Crippen LogP contribution in [0.25, 0.3) is 0 Å². The van der Waals surface area contributed by atoms with Gasteiger partial charge in [0.2, 0.25) is 0 Å². The number of carbonyl (C=O) groups is 2. The quantitative estimate of drug-likeness (QED) is 0.704. The van der Waals surface area contributed by atoms with Gasteiger partial charge in [0.25, 0.3) is 0 Å². The molecule has 0 aliphatic heterocycles. The summed E-state index contributed by atoms with van der Waals surface area (Å²) < 4.78 is 1.26. The first-order valence-corrected chi connectivity index (χ1v) is 7.25. The first-order valence-electron chi connectivity index (χ1n) is 4.93. The summed E-state index contributed by atoms with van der Waals surface area (Å²) in [5.41, 5.74) is 0.890. The van der Waals surface area contributed by atoms with Gasteiger partial charge in [0.15, 0.2) is 0 Å². The third-order valence-electron chi connectivity index (χ3n) is 2.21. The van der Waals surface area contributed by atoms with Gasteiger partial charge in [-0.15, -0.1) is 0 Å². The van der Waals surface area contributed by atoms with Gasteiger partial charge in [0.1, 0.15) is 0 Å². The minimum absolute atomic E-state index is 0.0292. The monoisotopic (exact) mass is 456 g/mol. The number of carbonyl (C=O) groups excluding carboxylic acids is 2. The number of rotatable bonds is 2. The van der Waals surface area contributed by atoms with Gasteiger partial charge in [-0.1, -0.05) is 0 Å². The number of halogens is 1. The van der Waals surface area contributed by atoms with Crippen molar-refractivity contribution < 1.29 is 9.59 Å². The van der Waals surface area contributed by atoms with Crippen molar-refractivity contribution in [1.29, 1.82) is 0 Å². The van der Waals surface area contributed by atoms with Crippen molar-refractivity contribution in [2.45, 2.75) is 0 Å². The minimum atomic E-state index is -0.376. The second-order valence-electron chi connectivity index (χ2n) is 3.42. The molecule has 1 amide bonds. The summed E-state index contributed by atoms with van der Waals surface area (Å²) in [4.78, 5) is 27.1. The molecule has 3 radical (unpaired) electrons. The fourth-order valence-electron chi connectivity index (χ4n) is 1.37. The van der Waals surface area contributed by atoms with Crippen LogP contribution in [0.4, 0.5) is 10.5 Å². The maximum absolute atomic E-state index is 11.8.